The monoisotopic (exact) mass is 349 g/mol. The lowest BCUT2D eigenvalue weighted by atomic mass is 10.0. The highest BCUT2D eigenvalue weighted by molar-refractivity contribution is 7.90. The van der Waals surface area contributed by atoms with E-state index in [1.165, 1.54) is 25.4 Å². The second-order valence-corrected chi connectivity index (χ2v) is 7.59. The summed E-state index contributed by atoms with van der Waals surface area (Å²) in [6, 6.07) is 7.79. The maximum atomic E-state index is 12.2. The minimum absolute atomic E-state index is 0.0238. The Labute approximate surface area is 141 Å². The van der Waals surface area contributed by atoms with Crippen molar-refractivity contribution in [2.24, 2.45) is 5.92 Å². The van der Waals surface area contributed by atoms with Gasteiger partial charge in [0, 0.05) is 23.8 Å². The van der Waals surface area contributed by atoms with E-state index in [4.69, 9.17) is 9.47 Å². The zero-order valence-electron chi connectivity index (χ0n) is 13.9. The molecule has 0 aliphatic carbocycles. The Morgan fingerprint density at radius 2 is 1.75 bits per heavy atom. The van der Waals surface area contributed by atoms with E-state index in [9.17, 15) is 13.2 Å². The quantitative estimate of drug-likeness (QED) is 0.745. The van der Waals surface area contributed by atoms with Crippen LogP contribution in [0.3, 0.4) is 0 Å². The number of Topliss-reactive ketones (excluding diaryl/α,β-unsaturated/α-hetero) is 1. The van der Waals surface area contributed by atoms with Gasteiger partial charge in [-0.2, -0.15) is 0 Å². The predicted molar refractivity (Wildman–Crippen MR) is 89.6 cm³/mol. The summed E-state index contributed by atoms with van der Waals surface area (Å²) in [4.78, 5) is 16.0. The van der Waals surface area contributed by atoms with Crippen molar-refractivity contribution in [1.29, 1.82) is 0 Å². The summed E-state index contributed by atoms with van der Waals surface area (Å²) in [5.74, 6) is 1.09. The van der Waals surface area contributed by atoms with Crippen molar-refractivity contribution in [3.63, 3.8) is 0 Å². The summed E-state index contributed by atoms with van der Waals surface area (Å²) in [5.41, 5.74) is 0.486. The van der Waals surface area contributed by atoms with E-state index in [1.54, 1.807) is 18.2 Å². The number of carbonyl (C=O) groups excluding carboxylic acids is 1. The van der Waals surface area contributed by atoms with E-state index in [1.807, 2.05) is 13.8 Å². The Kier molecular flexibility index (Phi) is 5.23. The molecule has 2 rings (SSSR count). The van der Waals surface area contributed by atoms with E-state index < -0.39 is 9.84 Å². The van der Waals surface area contributed by atoms with Crippen LogP contribution in [0.25, 0.3) is 0 Å². The van der Waals surface area contributed by atoms with E-state index in [-0.39, 0.29) is 16.7 Å². The number of ketones is 1. The minimum atomic E-state index is -3.36. The van der Waals surface area contributed by atoms with Crippen molar-refractivity contribution in [3.05, 3.63) is 42.1 Å². The molecule has 0 fully saturated rings. The van der Waals surface area contributed by atoms with Crippen LogP contribution >= 0.6 is 0 Å². The molecule has 128 valence electrons. The molecule has 0 aliphatic rings. The van der Waals surface area contributed by atoms with Crippen LogP contribution in [0.5, 0.6) is 17.2 Å². The number of methoxy groups -OCH3 is 1. The number of rotatable bonds is 6. The first-order chi connectivity index (χ1) is 11.2. The van der Waals surface area contributed by atoms with Gasteiger partial charge < -0.3 is 9.47 Å². The van der Waals surface area contributed by atoms with E-state index >= 15 is 0 Å². The Morgan fingerprint density at radius 1 is 1.08 bits per heavy atom. The van der Waals surface area contributed by atoms with Crippen molar-refractivity contribution >= 4 is 15.6 Å². The first-order valence-corrected chi connectivity index (χ1v) is 9.17. The number of hydrogen-bond donors (Lipinski definition) is 0. The largest absolute Gasteiger partial charge is 0.497 e. The highest BCUT2D eigenvalue weighted by atomic mass is 32.2. The summed E-state index contributed by atoms with van der Waals surface area (Å²) in [6.45, 7) is 3.63. The van der Waals surface area contributed by atoms with Crippen LogP contribution in [-0.4, -0.2) is 32.6 Å². The molecule has 1 heterocycles. The number of nitrogens with zero attached hydrogens (tertiary/aromatic N) is 1. The second-order valence-electron chi connectivity index (χ2n) is 5.62. The highest BCUT2D eigenvalue weighted by Crippen LogP contribution is 2.28. The first-order valence-electron chi connectivity index (χ1n) is 7.28. The molecule has 0 saturated carbocycles. The first kappa shape index (κ1) is 17.9. The molecule has 0 amide bonds. The van der Waals surface area contributed by atoms with E-state index in [0.717, 1.165) is 6.26 Å². The van der Waals surface area contributed by atoms with Gasteiger partial charge in [0.2, 0.25) is 0 Å². The van der Waals surface area contributed by atoms with Crippen molar-refractivity contribution < 1.29 is 22.7 Å². The SMILES string of the molecule is COc1cc(Oc2ccc(S(C)(=O)=O)nc2)cc(C(=O)C(C)C)c1. The topological polar surface area (TPSA) is 82.6 Å². The standard InChI is InChI=1S/C17H19NO5S/c1-11(2)17(19)12-7-14(22-3)9-15(8-12)23-13-5-6-16(18-10-13)24(4,20)21/h5-11H,1-4H3. The lowest BCUT2D eigenvalue weighted by Crippen LogP contribution is -2.07. The van der Waals surface area contributed by atoms with E-state index in [2.05, 4.69) is 4.98 Å². The number of hydrogen-bond acceptors (Lipinski definition) is 6. The lowest BCUT2D eigenvalue weighted by Gasteiger charge is -2.11. The van der Waals surface area contributed by atoms with Gasteiger partial charge >= 0.3 is 0 Å². The fourth-order valence-corrected chi connectivity index (χ4v) is 2.57. The molecule has 1 aromatic carbocycles. The van der Waals surface area contributed by atoms with Gasteiger partial charge in [-0.3, -0.25) is 4.79 Å². The Balaban J connectivity index is 2.32. The van der Waals surface area contributed by atoms with E-state index in [0.29, 0.717) is 22.8 Å². The molecule has 0 radical (unpaired) electrons. The molecule has 0 N–H and O–H groups in total. The summed E-state index contributed by atoms with van der Waals surface area (Å²) in [7, 11) is -1.86. The molecule has 0 unspecified atom stereocenters. The molecule has 0 atom stereocenters. The third kappa shape index (κ3) is 4.32. The predicted octanol–water partition coefficient (Wildman–Crippen LogP) is 3.12. The molecule has 6 nitrogen and oxygen atoms in total. The van der Waals surface area contributed by atoms with Crippen LogP contribution in [0.15, 0.2) is 41.6 Å². The molecule has 24 heavy (non-hydrogen) atoms. The third-order valence-electron chi connectivity index (χ3n) is 3.25. The highest BCUT2D eigenvalue weighted by Gasteiger charge is 2.14. The fourth-order valence-electron chi connectivity index (χ4n) is 2.01. The number of aromatic nitrogens is 1. The van der Waals surface area contributed by atoms with Gasteiger partial charge in [0.25, 0.3) is 0 Å². The van der Waals surface area contributed by atoms with Gasteiger partial charge in [-0.25, -0.2) is 13.4 Å². The third-order valence-corrected chi connectivity index (χ3v) is 4.25. The maximum absolute atomic E-state index is 12.2. The van der Waals surface area contributed by atoms with Crippen molar-refractivity contribution in [2.45, 2.75) is 18.9 Å². The molecule has 7 heteroatoms. The molecule has 0 saturated heterocycles. The number of ether oxygens (including phenoxy) is 2. The zero-order chi connectivity index (χ0) is 17.9. The average molecular weight is 349 g/mol. The minimum Gasteiger partial charge on any atom is -0.497 e. The average Bonchev–Trinajstić information content (AvgIpc) is 2.53. The fraction of sp³-hybridized carbons (Fsp3) is 0.294. The zero-order valence-corrected chi connectivity index (χ0v) is 14.8. The van der Waals surface area contributed by atoms with Crippen LogP contribution in [-0.2, 0) is 9.84 Å². The summed E-state index contributed by atoms with van der Waals surface area (Å²) in [6.07, 6.45) is 2.40. The van der Waals surface area contributed by atoms with Crippen LogP contribution in [0.4, 0.5) is 0 Å². The number of pyridine rings is 1. The van der Waals surface area contributed by atoms with Crippen molar-refractivity contribution in [2.75, 3.05) is 13.4 Å². The lowest BCUT2D eigenvalue weighted by molar-refractivity contribution is 0.0938. The molecule has 0 spiro atoms. The maximum Gasteiger partial charge on any atom is 0.192 e. The normalized spacial score (nSPS) is 11.4. The van der Waals surface area contributed by atoms with Crippen molar-refractivity contribution in [3.8, 4) is 17.2 Å². The van der Waals surface area contributed by atoms with Crippen LogP contribution in [0.1, 0.15) is 24.2 Å². The Hall–Kier alpha value is -2.41. The molecule has 0 aliphatic heterocycles. The summed E-state index contributed by atoms with van der Waals surface area (Å²) in [5, 5.41) is -0.0313. The summed E-state index contributed by atoms with van der Waals surface area (Å²) < 4.78 is 33.7. The Bertz CT molecular complexity index is 842. The van der Waals surface area contributed by atoms with Gasteiger partial charge in [0.15, 0.2) is 20.6 Å². The molecule has 0 bridgehead atoms. The second kappa shape index (κ2) is 7.00. The Morgan fingerprint density at radius 3 is 2.25 bits per heavy atom. The van der Waals surface area contributed by atoms with Gasteiger partial charge in [-0.05, 0) is 24.3 Å². The number of benzene rings is 1. The molecule has 1 aromatic heterocycles. The molecule has 2 aromatic rings. The van der Waals surface area contributed by atoms with Gasteiger partial charge in [-0.15, -0.1) is 0 Å². The summed E-state index contributed by atoms with van der Waals surface area (Å²) >= 11 is 0. The van der Waals surface area contributed by atoms with Crippen LogP contribution < -0.4 is 9.47 Å². The van der Waals surface area contributed by atoms with Gasteiger partial charge in [0.1, 0.15) is 17.2 Å². The number of carbonyl (C=O) groups is 1. The van der Waals surface area contributed by atoms with Gasteiger partial charge in [-0.1, -0.05) is 13.8 Å². The molecular formula is C17H19NO5S. The van der Waals surface area contributed by atoms with Crippen molar-refractivity contribution in [1.82, 2.24) is 4.98 Å². The van der Waals surface area contributed by atoms with Crippen LogP contribution in [0, 0.1) is 5.92 Å². The van der Waals surface area contributed by atoms with Gasteiger partial charge in [0.05, 0.1) is 13.3 Å². The molecular weight excluding hydrogens is 330 g/mol. The number of sulfone groups is 1. The van der Waals surface area contributed by atoms with Crippen LogP contribution in [0.2, 0.25) is 0 Å². The smallest absolute Gasteiger partial charge is 0.192 e.